The second-order valence-electron chi connectivity index (χ2n) is 3.80. The highest BCUT2D eigenvalue weighted by Gasteiger charge is 2.30. The molecular formula is C13H9BrF3NO. The predicted octanol–water partition coefficient (Wildman–Crippen LogP) is 4.44. The topological polar surface area (TPSA) is 22.1 Å². The Bertz CT molecular complexity index is 572. The summed E-state index contributed by atoms with van der Waals surface area (Å²) in [5.41, 5.74) is -0.215. The number of hydrogen-bond acceptors (Lipinski definition) is 2. The van der Waals surface area contributed by atoms with Gasteiger partial charge < -0.3 is 4.74 Å². The molecule has 0 saturated heterocycles. The Morgan fingerprint density at radius 1 is 1.16 bits per heavy atom. The average molecular weight is 332 g/mol. The lowest BCUT2D eigenvalue weighted by molar-refractivity contribution is -0.137. The number of rotatable bonds is 3. The van der Waals surface area contributed by atoms with Gasteiger partial charge in [0.2, 0.25) is 0 Å². The van der Waals surface area contributed by atoms with Gasteiger partial charge >= 0.3 is 6.18 Å². The highest BCUT2D eigenvalue weighted by atomic mass is 79.9. The Labute approximate surface area is 116 Å². The van der Waals surface area contributed by atoms with E-state index in [1.807, 2.05) is 0 Å². The molecular weight excluding hydrogens is 323 g/mol. The van der Waals surface area contributed by atoms with Gasteiger partial charge in [0.1, 0.15) is 17.0 Å². The highest BCUT2D eigenvalue weighted by Crippen LogP contribution is 2.29. The molecule has 0 spiro atoms. The van der Waals surface area contributed by atoms with E-state index in [4.69, 9.17) is 4.74 Å². The molecule has 100 valence electrons. The summed E-state index contributed by atoms with van der Waals surface area (Å²) in [6, 6.07) is 8.35. The Morgan fingerprint density at radius 2 is 1.95 bits per heavy atom. The summed E-state index contributed by atoms with van der Waals surface area (Å²) in [5, 5.41) is 0. The number of ether oxygens (including phenoxy) is 1. The molecule has 0 unspecified atom stereocenters. The first-order chi connectivity index (χ1) is 8.95. The number of nitrogens with zero attached hydrogens (tertiary/aromatic N) is 1. The van der Waals surface area contributed by atoms with Crippen molar-refractivity contribution in [2.24, 2.45) is 0 Å². The van der Waals surface area contributed by atoms with Gasteiger partial charge in [0.05, 0.1) is 5.56 Å². The van der Waals surface area contributed by atoms with E-state index >= 15 is 0 Å². The lowest BCUT2D eigenvalue weighted by Gasteiger charge is -2.10. The SMILES string of the molecule is FC(F)(F)c1cccc(COc2ccnc(Br)c2)c1. The minimum Gasteiger partial charge on any atom is -0.489 e. The largest absolute Gasteiger partial charge is 0.489 e. The van der Waals surface area contributed by atoms with Crippen molar-refractivity contribution in [1.29, 1.82) is 0 Å². The Hall–Kier alpha value is -1.56. The van der Waals surface area contributed by atoms with Gasteiger partial charge in [-0.3, -0.25) is 0 Å². The third-order valence-electron chi connectivity index (χ3n) is 2.36. The van der Waals surface area contributed by atoms with Crippen LogP contribution in [0.1, 0.15) is 11.1 Å². The molecule has 0 radical (unpaired) electrons. The molecule has 0 N–H and O–H groups in total. The fraction of sp³-hybridized carbons (Fsp3) is 0.154. The lowest BCUT2D eigenvalue weighted by atomic mass is 10.1. The Morgan fingerprint density at radius 3 is 2.63 bits per heavy atom. The molecule has 0 aliphatic heterocycles. The zero-order valence-electron chi connectivity index (χ0n) is 9.62. The molecule has 6 heteroatoms. The first-order valence-electron chi connectivity index (χ1n) is 5.35. The summed E-state index contributed by atoms with van der Waals surface area (Å²) in [6.07, 6.45) is -2.79. The summed E-state index contributed by atoms with van der Waals surface area (Å²) < 4.78 is 43.6. The zero-order valence-corrected chi connectivity index (χ0v) is 11.2. The average Bonchev–Trinajstić information content (AvgIpc) is 2.36. The number of halogens is 4. The van der Waals surface area contributed by atoms with Crippen LogP contribution in [-0.2, 0) is 12.8 Å². The van der Waals surface area contributed by atoms with Crippen molar-refractivity contribution in [3.63, 3.8) is 0 Å². The molecule has 1 heterocycles. The van der Waals surface area contributed by atoms with Crippen LogP contribution >= 0.6 is 15.9 Å². The van der Waals surface area contributed by atoms with Crippen molar-refractivity contribution < 1.29 is 17.9 Å². The van der Waals surface area contributed by atoms with Crippen molar-refractivity contribution in [2.45, 2.75) is 12.8 Å². The number of pyridine rings is 1. The molecule has 2 aromatic rings. The standard InChI is InChI=1S/C13H9BrF3NO/c14-12-7-11(4-5-18-12)19-8-9-2-1-3-10(6-9)13(15,16)17/h1-7H,8H2. The minimum atomic E-state index is -4.34. The van der Waals surface area contributed by atoms with Gasteiger partial charge in [0.15, 0.2) is 0 Å². The number of aromatic nitrogens is 1. The number of hydrogen-bond donors (Lipinski definition) is 0. The van der Waals surface area contributed by atoms with E-state index in [1.165, 1.54) is 6.07 Å². The third-order valence-corrected chi connectivity index (χ3v) is 2.79. The smallest absolute Gasteiger partial charge is 0.416 e. The molecule has 0 saturated carbocycles. The van der Waals surface area contributed by atoms with Crippen LogP contribution in [0.25, 0.3) is 0 Å². The van der Waals surface area contributed by atoms with Gasteiger partial charge in [-0.05, 0) is 39.7 Å². The fourth-order valence-corrected chi connectivity index (χ4v) is 1.82. The maximum Gasteiger partial charge on any atom is 0.416 e. The zero-order chi connectivity index (χ0) is 13.9. The fourth-order valence-electron chi connectivity index (χ4n) is 1.48. The van der Waals surface area contributed by atoms with Gasteiger partial charge in [-0.25, -0.2) is 4.98 Å². The minimum absolute atomic E-state index is 0.0698. The van der Waals surface area contributed by atoms with Crippen molar-refractivity contribution in [1.82, 2.24) is 4.98 Å². The van der Waals surface area contributed by atoms with Crippen LogP contribution in [0.2, 0.25) is 0 Å². The van der Waals surface area contributed by atoms with Crippen molar-refractivity contribution in [3.8, 4) is 5.75 Å². The van der Waals surface area contributed by atoms with E-state index in [-0.39, 0.29) is 6.61 Å². The van der Waals surface area contributed by atoms with Gasteiger partial charge in [0.25, 0.3) is 0 Å². The highest BCUT2D eigenvalue weighted by molar-refractivity contribution is 9.10. The molecule has 1 aromatic carbocycles. The Kier molecular flexibility index (Phi) is 4.09. The van der Waals surface area contributed by atoms with Crippen molar-refractivity contribution in [2.75, 3.05) is 0 Å². The summed E-state index contributed by atoms with van der Waals surface area (Å²) in [6.45, 7) is 0.0698. The summed E-state index contributed by atoms with van der Waals surface area (Å²) in [4.78, 5) is 3.93. The van der Waals surface area contributed by atoms with Gasteiger partial charge in [0, 0.05) is 12.3 Å². The van der Waals surface area contributed by atoms with Crippen molar-refractivity contribution in [3.05, 3.63) is 58.3 Å². The maximum atomic E-state index is 12.5. The van der Waals surface area contributed by atoms with Gasteiger partial charge in [-0.2, -0.15) is 13.2 Å². The summed E-state index contributed by atoms with van der Waals surface area (Å²) in [7, 11) is 0. The maximum absolute atomic E-state index is 12.5. The quantitative estimate of drug-likeness (QED) is 0.775. The van der Waals surface area contributed by atoms with Crippen LogP contribution in [0, 0.1) is 0 Å². The number of benzene rings is 1. The molecule has 0 atom stereocenters. The van der Waals surface area contributed by atoms with Crippen molar-refractivity contribution >= 4 is 15.9 Å². The molecule has 19 heavy (non-hydrogen) atoms. The molecule has 0 aliphatic rings. The molecule has 0 amide bonds. The van der Waals surface area contributed by atoms with Gasteiger partial charge in [-0.1, -0.05) is 12.1 Å². The van der Waals surface area contributed by atoms with E-state index in [0.717, 1.165) is 12.1 Å². The molecule has 2 nitrogen and oxygen atoms in total. The van der Waals surface area contributed by atoms with Gasteiger partial charge in [-0.15, -0.1) is 0 Å². The summed E-state index contributed by atoms with van der Waals surface area (Å²) in [5.74, 6) is 0.541. The van der Waals surface area contributed by atoms with Crippen LogP contribution in [0.4, 0.5) is 13.2 Å². The Balaban J connectivity index is 2.08. The molecule has 1 aromatic heterocycles. The first kappa shape index (κ1) is 13.9. The monoisotopic (exact) mass is 331 g/mol. The van der Waals surface area contributed by atoms with Crippen LogP contribution in [0.3, 0.4) is 0 Å². The predicted molar refractivity (Wildman–Crippen MR) is 67.7 cm³/mol. The second kappa shape index (κ2) is 5.61. The lowest BCUT2D eigenvalue weighted by Crippen LogP contribution is -2.06. The van der Waals surface area contributed by atoms with E-state index < -0.39 is 11.7 Å². The van der Waals surface area contributed by atoms with E-state index in [0.29, 0.717) is 15.9 Å². The van der Waals surface area contributed by atoms with Crippen LogP contribution < -0.4 is 4.74 Å². The second-order valence-corrected chi connectivity index (χ2v) is 4.61. The van der Waals surface area contributed by atoms with E-state index in [2.05, 4.69) is 20.9 Å². The van der Waals surface area contributed by atoms with Crippen LogP contribution in [-0.4, -0.2) is 4.98 Å². The normalized spacial score (nSPS) is 11.4. The van der Waals surface area contributed by atoms with E-state index in [1.54, 1.807) is 24.4 Å². The van der Waals surface area contributed by atoms with E-state index in [9.17, 15) is 13.2 Å². The third kappa shape index (κ3) is 3.96. The van der Waals surface area contributed by atoms with Crippen LogP contribution in [0.5, 0.6) is 5.75 Å². The molecule has 0 aliphatic carbocycles. The molecule has 2 rings (SSSR count). The summed E-state index contributed by atoms with van der Waals surface area (Å²) >= 11 is 3.19. The molecule has 0 bridgehead atoms. The molecule has 0 fully saturated rings. The van der Waals surface area contributed by atoms with Crippen LogP contribution in [0.15, 0.2) is 47.2 Å². The number of alkyl halides is 3. The first-order valence-corrected chi connectivity index (χ1v) is 6.15.